The first-order valence-corrected chi connectivity index (χ1v) is 17.0. The van der Waals surface area contributed by atoms with Crippen LogP contribution >= 0.6 is 24.8 Å². The molecule has 0 aliphatic heterocycles. The summed E-state index contributed by atoms with van der Waals surface area (Å²) in [5.74, 6) is 0. The second kappa shape index (κ2) is 13.4. The van der Waals surface area contributed by atoms with Gasteiger partial charge in [-0.3, -0.25) is 6.08 Å². The van der Waals surface area contributed by atoms with Crippen LogP contribution in [-0.4, -0.2) is 5.43 Å². The molecule has 0 unspecified atom stereocenters. The van der Waals surface area contributed by atoms with E-state index in [2.05, 4.69) is 109 Å². The van der Waals surface area contributed by atoms with Gasteiger partial charge in [0, 0.05) is 0 Å². The van der Waals surface area contributed by atoms with Crippen LogP contribution in [0.4, 0.5) is 0 Å². The number of benzene rings is 2. The Morgan fingerprint density at radius 1 is 0.812 bits per heavy atom. The SMILES string of the molecule is CC(C)(C)c1ccc2c(c1)[cH-]c1cc(C(C)(C)C)ccc12.C[Si](C)=[Zr+2].Cl.Cl.[C-]1=CC=CC1. The topological polar surface area (TPSA) is 0 Å². The van der Waals surface area contributed by atoms with Gasteiger partial charge < -0.3 is 0 Å². The van der Waals surface area contributed by atoms with E-state index < -0.39 is 0 Å². The van der Waals surface area contributed by atoms with Gasteiger partial charge in [0.2, 0.25) is 0 Å². The molecule has 1 aliphatic rings. The Bertz CT molecular complexity index is 994. The number of allylic oxidation sites excluding steroid dienone is 4. The zero-order chi connectivity index (χ0) is 22.5. The van der Waals surface area contributed by atoms with E-state index >= 15 is 0 Å². The second-order valence-corrected chi connectivity index (χ2v) is 19.6. The summed E-state index contributed by atoms with van der Waals surface area (Å²) in [5, 5.41) is 5.48. The summed E-state index contributed by atoms with van der Waals surface area (Å²) in [6.45, 7) is 18.3. The van der Waals surface area contributed by atoms with Gasteiger partial charge in [-0.1, -0.05) is 76.9 Å². The minimum absolute atomic E-state index is 0. The summed E-state index contributed by atoms with van der Waals surface area (Å²) in [7, 11) is 0. The number of halogens is 2. The fourth-order valence-corrected chi connectivity index (χ4v) is 3.30. The van der Waals surface area contributed by atoms with Crippen LogP contribution < -0.4 is 0 Å². The van der Waals surface area contributed by atoms with E-state index in [1.54, 1.807) is 23.3 Å². The minimum atomic E-state index is 0. The van der Waals surface area contributed by atoms with Crippen LogP contribution in [0.15, 0.2) is 60.7 Å². The van der Waals surface area contributed by atoms with Crippen LogP contribution in [0.25, 0.3) is 21.5 Å². The fraction of sp³-hybridized carbons (Fsp3) is 0.393. The Morgan fingerprint density at radius 3 is 1.47 bits per heavy atom. The summed E-state index contributed by atoms with van der Waals surface area (Å²) in [6, 6.07) is 16.2. The van der Waals surface area contributed by atoms with Crippen LogP contribution in [0.5, 0.6) is 0 Å². The van der Waals surface area contributed by atoms with Gasteiger partial charge in [-0.05, 0) is 10.8 Å². The van der Waals surface area contributed by atoms with Crippen molar-refractivity contribution in [3.05, 3.63) is 77.9 Å². The molecule has 0 nitrogen and oxygen atoms in total. The third-order valence-corrected chi connectivity index (χ3v) is 5.02. The van der Waals surface area contributed by atoms with Gasteiger partial charge in [-0.15, -0.1) is 71.0 Å². The third kappa shape index (κ3) is 9.38. The fourth-order valence-electron chi connectivity index (χ4n) is 3.30. The molecule has 0 fully saturated rings. The van der Waals surface area contributed by atoms with Crippen LogP contribution in [0, 0.1) is 6.08 Å². The average molecular weight is 565 g/mol. The zero-order valence-electron chi connectivity index (χ0n) is 20.8. The molecule has 0 aromatic heterocycles. The quantitative estimate of drug-likeness (QED) is 0.189. The summed E-state index contributed by atoms with van der Waals surface area (Å²) in [4.78, 5) is 0. The molecule has 3 aromatic rings. The molecule has 0 atom stereocenters. The second-order valence-electron chi connectivity index (χ2n) is 10.3. The van der Waals surface area contributed by atoms with Crippen molar-refractivity contribution in [2.75, 3.05) is 0 Å². The third-order valence-electron chi connectivity index (χ3n) is 5.02. The van der Waals surface area contributed by atoms with E-state index in [0.29, 0.717) is 0 Å². The normalized spacial score (nSPS) is 12.3. The molecule has 4 rings (SSSR count). The maximum atomic E-state index is 2.99. The number of fused-ring (bicyclic) bond motifs is 3. The molecule has 3 aromatic carbocycles. The summed E-state index contributed by atoms with van der Waals surface area (Å²) >= 11 is 1.74. The van der Waals surface area contributed by atoms with Crippen molar-refractivity contribution in [1.29, 1.82) is 0 Å². The first-order chi connectivity index (χ1) is 13.9. The predicted octanol–water partition coefficient (Wildman–Crippen LogP) is 9.24. The Morgan fingerprint density at radius 2 is 1.22 bits per heavy atom. The molecule has 0 amide bonds. The molecule has 32 heavy (non-hydrogen) atoms. The maximum absolute atomic E-state index is 2.99. The Kier molecular flexibility index (Phi) is 13.2. The molecule has 0 radical (unpaired) electrons. The van der Waals surface area contributed by atoms with E-state index in [1.807, 2.05) is 12.2 Å². The van der Waals surface area contributed by atoms with E-state index in [-0.39, 0.29) is 41.1 Å². The Labute approximate surface area is 223 Å². The molecule has 1 aliphatic carbocycles. The Hall–Kier alpha value is -0.530. The van der Waals surface area contributed by atoms with Gasteiger partial charge in [0.15, 0.2) is 0 Å². The molecule has 172 valence electrons. The van der Waals surface area contributed by atoms with Gasteiger partial charge >= 0.3 is 41.9 Å². The van der Waals surface area contributed by atoms with Gasteiger partial charge in [-0.25, -0.2) is 12.2 Å². The molecule has 0 bridgehead atoms. The van der Waals surface area contributed by atoms with Crippen molar-refractivity contribution >= 4 is 51.8 Å². The van der Waals surface area contributed by atoms with Crippen molar-refractivity contribution in [2.24, 2.45) is 0 Å². The average Bonchev–Trinajstić information content (AvgIpc) is 3.30. The van der Waals surface area contributed by atoms with E-state index in [4.69, 9.17) is 0 Å². The molecule has 0 saturated carbocycles. The molecular formula is C28H38Cl2SiZr. The van der Waals surface area contributed by atoms with Crippen LogP contribution in [0.3, 0.4) is 0 Å². The standard InChI is InChI=1S/C21H25.C5H5.C2H6Si.2ClH.Zr/c1-20(2,3)16-7-9-18-14(12-16)11-15-13-17(21(4,5)6)8-10-19(15)18;1-2-4-5-3-1;1-3-2;;;/h7-13H,1-6H3;1-3H,4H2;1-2H3;2*1H;/q2*-1;;;;+2. The van der Waals surface area contributed by atoms with Crippen LogP contribution in [0.2, 0.25) is 13.1 Å². The predicted molar refractivity (Wildman–Crippen MR) is 148 cm³/mol. The van der Waals surface area contributed by atoms with Gasteiger partial charge in [0.25, 0.3) is 0 Å². The minimum Gasteiger partial charge on any atom is -0.273 e. The van der Waals surface area contributed by atoms with Crippen molar-refractivity contribution in [3.63, 3.8) is 0 Å². The molecular weight excluding hydrogens is 527 g/mol. The molecule has 0 spiro atoms. The van der Waals surface area contributed by atoms with Crippen molar-refractivity contribution in [3.8, 4) is 0 Å². The van der Waals surface area contributed by atoms with Crippen LogP contribution in [0.1, 0.15) is 59.1 Å². The molecule has 0 saturated heterocycles. The van der Waals surface area contributed by atoms with Crippen molar-refractivity contribution in [2.45, 2.75) is 71.9 Å². The number of hydrogen-bond donors (Lipinski definition) is 0. The van der Waals surface area contributed by atoms with E-state index in [1.165, 1.54) is 32.7 Å². The van der Waals surface area contributed by atoms with Gasteiger partial charge in [0.05, 0.1) is 0 Å². The maximum Gasteiger partial charge on any atom is -0.109 e. The summed E-state index contributed by atoms with van der Waals surface area (Å²) in [5.41, 5.74) is 3.42. The molecule has 4 heteroatoms. The van der Waals surface area contributed by atoms with E-state index in [9.17, 15) is 0 Å². The van der Waals surface area contributed by atoms with Crippen molar-refractivity contribution < 1.29 is 23.3 Å². The molecule has 0 heterocycles. The molecule has 0 N–H and O–H groups in total. The smallest absolute Gasteiger partial charge is 0.109 e. The van der Waals surface area contributed by atoms with Gasteiger partial charge in [-0.2, -0.15) is 6.08 Å². The van der Waals surface area contributed by atoms with E-state index in [0.717, 1.165) is 6.42 Å². The summed E-state index contributed by atoms with van der Waals surface area (Å²) < 4.78 is 0. The largest absolute Gasteiger partial charge is 0.273 e. The summed E-state index contributed by atoms with van der Waals surface area (Å²) in [6.07, 6.45) is 10.0. The first kappa shape index (κ1) is 31.5. The number of hydrogen-bond acceptors (Lipinski definition) is 0. The number of rotatable bonds is 0. The zero-order valence-corrected chi connectivity index (χ0v) is 25.9. The van der Waals surface area contributed by atoms with Gasteiger partial charge in [0.1, 0.15) is 0 Å². The van der Waals surface area contributed by atoms with Crippen LogP contribution in [-0.2, 0) is 34.2 Å². The monoisotopic (exact) mass is 562 g/mol. The Balaban J connectivity index is 0.000000739. The van der Waals surface area contributed by atoms with Crippen molar-refractivity contribution in [1.82, 2.24) is 0 Å². The first-order valence-electron chi connectivity index (χ1n) is 10.8.